The Labute approximate surface area is 142 Å². The number of pyridine rings is 1. The van der Waals surface area contributed by atoms with Crippen molar-refractivity contribution in [2.45, 2.75) is 31.8 Å². The van der Waals surface area contributed by atoms with E-state index in [2.05, 4.69) is 45.9 Å². The highest BCUT2D eigenvalue weighted by Gasteiger charge is 2.20. The van der Waals surface area contributed by atoms with Crippen LogP contribution in [0.3, 0.4) is 0 Å². The van der Waals surface area contributed by atoms with Gasteiger partial charge in [0.05, 0.1) is 5.69 Å². The minimum Gasteiger partial charge on any atom is -0.306 e. The fourth-order valence-corrected chi connectivity index (χ4v) is 3.62. The number of hydrogen-bond acceptors (Lipinski definition) is 3. The third kappa shape index (κ3) is 2.97. The molecule has 3 aromatic rings. The lowest BCUT2D eigenvalue weighted by atomic mass is 9.87. The number of benzene rings is 1. The number of fused-ring (bicyclic) bond motifs is 1. The predicted octanol–water partition coefficient (Wildman–Crippen LogP) is 3.65. The van der Waals surface area contributed by atoms with Crippen molar-refractivity contribution < 1.29 is 0 Å². The van der Waals surface area contributed by atoms with Crippen LogP contribution in [-0.4, -0.2) is 14.8 Å². The minimum atomic E-state index is 0.431. The van der Waals surface area contributed by atoms with Crippen LogP contribution >= 0.6 is 0 Å². The highest BCUT2D eigenvalue weighted by Crippen LogP contribution is 2.30. The molecule has 0 fully saturated rings. The zero-order valence-electron chi connectivity index (χ0n) is 13.9. The Hall–Kier alpha value is -2.46. The summed E-state index contributed by atoms with van der Waals surface area (Å²) in [4.78, 5) is 4.10. The van der Waals surface area contributed by atoms with E-state index in [1.54, 1.807) is 0 Å². The summed E-state index contributed by atoms with van der Waals surface area (Å²) in [6.45, 7) is 0.824. The number of nitrogens with zero attached hydrogens (tertiary/aromatic N) is 3. The first kappa shape index (κ1) is 15.1. The SMILES string of the molecule is Cn1cc(CN[C@@H]2CCCc3ccccc32)c(-c2ccncc2)n1. The highest BCUT2D eigenvalue weighted by atomic mass is 15.3. The lowest BCUT2D eigenvalue weighted by Crippen LogP contribution is -2.24. The van der Waals surface area contributed by atoms with Gasteiger partial charge in [0.2, 0.25) is 0 Å². The van der Waals surface area contributed by atoms with Crippen molar-refractivity contribution in [3.8, 4) is 11.3 Å². The van der Waals surface area contributed by atoms with Crippen molar-refractivity contribution in [2.24, 2.45) is 7.05 Å². The average molecular weight is 318 g/mol. The Bertz CT molecular complexity index is 823. The van der Waals surface area contributed by atoms with Crippen LogP contribution in [0.4, 0.5) is 0 Å². The summed E-state index contributed by atoms with van der Waals surface area (Å²) in [5.41, 5.74) is 6.33. The summed E-state index contributed by atoms with van der Waals surface area (Å²) in [5.74, 6) is 0. The van der Waals surface area contributed by atoms with Crippen LogP contribution in [0.15, 0.2) is 55.0 Å². The molecular formula is C20H22N4. The Kier molecular flexibility index (Phi) is 4.13. The zero-order valence-corrected chi connectivity index (χ0v) is 13.9. The van der Waals surface area contributed by atoms with E-state index in [4.69, 9.17) is 0 Å². The molecule has 1 atom stereocenters. The van der Waals surface area contributed by atoms with Gasteiger partial charge in [-0.15, -0.1) is 0 Å². The number of hydrogen-bond donors (Lipinski definition) is 1. The van der Waals surface area contributed by atoms with Gasteiger partial charge >= 0.3 is 0 Å². The van der Waals surface area contributed by atoms with Crippen molar-refractivity contribution >= 4 is 0 Å². The van der Waals surface area contributed by atoms with Crippen molar-refractivity contribution in [3.05, 3.63) is 71.7 Å². The first-order valence-electron chi connectivity index (χ1n) is 8.55. The molecule has 0 unspecified atom stereocenters. The Morgan fingerprint density at radius 1 is 1.17 bits per heavy atom. The van der Waals surface area contributed by atoms with E-state index in [1.165, 1.54) is 36.0 Å². The maximum Gasteiger partial charge on any atom is 0.0969 e. The molecule has 4 rings (SSSR count). The van der Waals surface area contributed by atoms with E-state index in [1.807, 2.05) is 36.3 Å². The van der Waals surface area contributed by atoms with Gasteiger partial charge in [-0.05, 0) is 42.5 Å². The maximum atomic E-state index is 4.64. The fourth-order valence-electron chi connectivity index (χ4n) is 3.62. The monoisotopic (exact) mass is 318 g/mol. The van der Waals surface area contributed by atoms with Gasteiger partial charge < -0.3 is 5.32 Å². The van der Waals surface area contributed by atoms with Gasteiger partial charge in [0.25, 0.3) is 0 Å². The number of nitrogens with one attached hydrogen (secondary N) is 1. The van der Waals surface area contributed by atoms with Gasteiger partial charge in [-0.2, -0.15) is 5.10 Å². The van der Waals surface area contributed by atoms with Gasteiger partial charge in [-0.25, -0.2) is 0 Å². The first-order valence-corrected chi connectivity index (χ1v) is 8.55. The molecule has 4 nitrogen and oxygen atoms in total. The van der Waals surface area contributed by atoms with Crippen molar-refractivity contribution in [1.82, 2.24) is 20.1 Å². The molecule has 4 heteroatoms. The van der Waals surface area contributed by atoms with Crippen molar-refractivity contribution in [3.63, 3.8) is 0 Å². The second-order valence-electron chi connectivity index (χ2n) is 6.44. The van der Waals surface area contributed by atoms with Gasteiger partial charge in [0.15, 0.2) is 0 Å². The van der Waals surface area contributed by atoms with E-state index in [0.29, 0.717) is 6.04 Å². The summed E-state index contributed by atoms with van der Waals surface area (Å²) >= 11 is 0. The fraction of sp³-hybridized carbons (Fsp3) is 0.300. The third-order valence-corrected chi connectivity index (χ3v) is 4.77. The van der Waals surface area contributed by atoms with Gasteiger partial charge in [-0.1, -0.05) is 24.3 Å². The van der Waals surface area contributed by atoms with Crippen LogP contribution in [0.25, 0.3) is 11.3 Å². The number of aryl methyl sites for hydroxylation is 2. The summed E-state index contributed by atoms with van der Waals surface area (Å²) in [6, 6.07) is 13.3. The molecule has 0 aliphatic heterocycles. The molecule has 1 N–H and O–H groups in total. The normalized spacial score (nSPS) is 16.8. The summed E-state index contributed by atoms with van der Waals surface area (Å²) in [6.07, 6.45) is 9.39. The molecule has 0 radical (unpaired) electrons. The smallest absolute Gasteiger partial charge is 0.0969 e. The molecule has 2 aromatic heterocycles. The average Bonchev–Trinajstić information content (AvgIpc) is 3.01. The largest absolute Gasteiger partial charge is 0.306 e. The summed E-state index contributed by atoms with van der Waals surface area (Å²) in [7, 11) is 1.98. The molecule has 0 spiro atoms. The summed E-state index contributed by atoms with van der Waals surface area (Å²) < 4.78 is 1.89. The molecule has 24 heavy (non-hydrogen) atoms. The van der Waals surface area contributed by atoms with Crippen LogP contribution in [0.5, 0.6) is 0 Å². The molecular weight excluding hydrogens is 296 g/mol. The van der Waals surface area contributed by atoms with E-state index in [-0.39, 0.29) is 0 Å². The Balaban J connectivity index is 1.56. The lowest BCUT2D eigenvalue weighted by molar-refractivity contribution is 0.459. The van der Waals surface area contributed by atoms with Gasteiger partial charge in [0.1, 0.15) is 0 Å². The molecule has 0 saturated heterocycles. The second-order valence-corrected chi connectivity index (χ2v) is 6.44. The molecule has 1 aliphatic rings. The van der Waals surface area contributed by atoms with Crippen LogP contribution in [0.1, 0.15) is 35.6 Å². The van der Waals surface area contributed by atoms with Crippen LogP contribution in [0, 0.1) is 0 Å². The molecule has 2 heterocycles. The zero-order chi connectivity index (χ0) is 16.4. The van der Waals surface area contributed by atoms with Crippen molar-refractivity contribution in [1.29, 1.82) is 0 Å². The highest BCUT2D eigenvalue weighted by molar-refractivity contribution is 5.61. The van der Waals surface area contributed by atoms with Crippen LogP contribution in [0.2, 0.25) is 0 Å². The standard InChI is InChI=1S/C20H22N4/c1-24-14-17(20(23-24)16-9-11-21-12-10-16)13-22-19-8-4-6-15-5-2-3-7-18(15)19/h2-3,5,7,9-12,14,19,22H,4,6,8,13H2,1H3/t19-/m1/s1. The van der Waals surface area contributed by atoms with E-state index in [0.717, 1.165) is 17.8 Å². The minimum absolute atomic E-state index is 0.431. The summed E-state index contributed by atoms with van der Waals surface area (Å²) in [5, 5.41) is 8.39. The molecule has 0 saturated carbocycles. The first-order chi connectivity index (χ1) is 11.8. The predicted molar refractivity (Wildman–Crippen MR) is 95.4 cm³/mol. The lowest BCUT2D eigenvalue weighted by Gasteiger charge is -2.26. The molecule has 1 aliphatic carbocycles. The number of rotatable bonds is 4. The van der Waals surface area contributed by atoms with Crippen molar-refractivity contribution in [2.75, 3.05) is 0 Å². The van der Waals surface area contributed by atoms with E-state index in [9.17, 15) is 0 Å². The third-order valence-electron chi connectivity index (χ3n) is 4.77. The van der Waals surface area contributed by atoms with Crippen LogP contribution in [-0.2, 0) is 20.0 Å². The van der Waals surface area contributed by atoms with Gasteiger partial charge in [-0.3, -0.25) is 9.67 Å². The Morgan fingerprint density at radius 2 is 2.00 bits per heavy atom. The van der Waals surface area contributed by atoms with E-state index < -0.39 is 0 Å². The quantitative estimate of drug-likeness (QED) is 0.798. The molecule has 1 aromatic carbocycles. The topological polar surface area (TPSA) is 42.7 Å². The second kappa shape index (κ2) is 6.57. The number of aromatic nitrogens is 3. The molecule has 122 valence electrons. The Morgan fingerprint density at radius 3 is 2.88 bits per heavy atom. The maximum absolute atomic E-state index is 4.64. The van der Waals surface area contributed by atoms with Crippen LogP contribution < -0.4 is 5.32 Å². The van der Waals surface area contributed by atoms with E-state index >= 15 is 0 Å². The molecule has 0 amide bonds. The molecule has 0 bridgehead atoms. The van der Waals surface area contributed by atoms with Gasteiger partial charge in [0, 0.05) is 49.4 Å².